The fraction of sp³-hybridized carbons (Fsp3) is 0.304. The van der Waals surface area contributed by atoms with Gasteiger partial charge in [0.15, 0.2) is 11.6 Å². The van der Waals surface area contributed by atoms with E-state index in [-0.39, 0.29) is 29.2 Å². The highest BCUT2D eigenvalue weighted by molar-refractivity contribution is 6.32. The number of ether oxygens (including phenoxy) is 1. The highest BCUT2D eigenvalue weighted by Crippen LogP contribution is 2.44. The molecule has 3 heterocycles. The number of rotatable bonds is 6. The van der Waals surface area contributed by atoms with Crippen molar-refractivity contribution in [2.75, 3.05) is 23.8 Å². The number of allylic oxidation sites excluding steroid dienone is 1. The molecular formula is C23H23F2N3O4. The first-order valence-corrected chi connectivity index (χ1v) is 10.1. The summed E-state index contributed by atoms with van der Waals surface area (Å²) in [6, 6.07) is 5.57. The fourth-order valence-electron chi connectivity index (χ4n) is 3.74. The third kappa shape index (κ3) is 4.09. The van der Waals surface area contributed by atoms with Crippen LogP contribution in [0.1, 0.15) is 31.4 Å². The standard InChI is InChI=1S/C23H23F2N3O4/c1-23(2)15(12-3-4-20(27-10-12)26-6-5-13(30)11-29)8-19(32-23)21-14-7-16(24)17(25)9-18(14)28-22(21)31/h3-4,7-10,13,29-30H,5-6,11H2,1-2H3,(H,26,27)(H,28,31)/b21-19+. The highest BCUT2D eigenvalue weighted by Gasteiger charge is 2.38. The zero-order valence-corrected chi connectivity index (χ0v) is 17.6. The number of nitrogens with one attached hydrogen (secondary N) is 2. The van der Waals surface area contributed by atoms with Gasteiger partial charge in [-0.25, -0.2) is 13.8 Å². The largest absolute Gasteiger partial charge is 0.482 e. The van der Waals surface area contributed by atoms with Crippen molar-refractivity contribution in [2.24, 2.45) is 0 Å². The van der Waals surface area contributed by atoms with Crippen molar-refractivity contribution in [3.05, 3.63) is 65.1 Å². The summed E-state index contributed by atoms with van der Waals surface area (Å²) in [4.78, 5) is 16.9. The van der Waals surface area contributed by atoms with Crippen LogP contribution >= 0.6 is 0 Å². The van der Waals surface area contributed by atoms with Crippen molar-refractivity contribution in [3.8, 4) is 0 Å². The molecule has 4 rings (SSSR count). The first kappa shape index (κ1) is 21.9. The summed E-state index contributed by atoms with van der Waals surface area (Å²) in [6.07, 6.45) is 2.98. The van der Waals surface area contributed by atoms with Crippen LogP contribution in [0.5, 0.6) is 0 Å². The zero-order valence-electron chi connectivity index (χ0n) is 17.6. The number of anilines is 2. The second-order valence-corrected chi connectivity index (χ2v) is 8.16. The van der Waals surface area contributed by atoms with Crippen LogP contribution in [-0.4, -0.2) is 46.0 Å². The van der Waals surface area contributed by atoms with Crippen LogP contribution in [-0.2, 0) is 9.53 Å². The predicted octanol–water partition coefficient (Wildman–Crippen LogP) is 3.07. The number of fused-ring (bicyclic) bond motifs is 1. The molecular weight excluding hydrogens is 420 g/mol. The Kier molecular flexibility index (Phi) is 5.70. The van der Waals surface area contributed by atoms with Crippen molar-refractivity contribution in [2.45, 2.75) is 32.0 Å². The van der Waals surface area contributed by atoms with Crippen molar-refractivity contribution >= 4 is 28.6 Å². The minimum absolute atomic E-state index is 0.149. The Balaban J connectivity index is 1.62. The number of halogens is 2. The smallest absolute Gasteiger partial charge is 0.260 e. The number of nitrogens with zero attached hydrogens (tertiary/aromatic N) is 1. The number of amides is 1. The van der Waals surface area contributed by atoms with Gasteiger partial charge in [-0.05, 0) is 44.5 Å². The number of benzene rings is 1. The van der Waals surface area contributed by atoms with Crippen molar-refractivity contribution in [3.63, 3.8) is 0 Å². The molecule has 2 aromatic rings. The summed E-state index contributed by atoms with van der Waals surface area (Å²) in [5.74, 6) is -1.69. The molecule has 32 heavy (non-hydrogen) atoms. The van der Waals surface area contributed by atoms with E-state index in [4.69, 9.17) is 9.84 Å². The molecule has 0 saturated heterocycles. The Bertz CT molecular complexity index is 1130. The highest BCUT2D eigenvalue weighted by atomic mass is 19.2. The molecule has 0 bridgehead atoms. The Morgan fingerprint density at radius 2 is 2.00 bits per heavy atom. The quantitative estimate of drug-likeness (QED) is 0.512. The van der Waals surface area contributed by atoms with Crippen LogP contribution in [0.4, 0.5) is 20.3 Å². The summed E-state index contributed by atoms with van der Waals surface area (Å²) in [5, 5.41) is 23.9. The molecule has 1 aromatic heterocycles. The topological polar surface area (TPSA) is 104 Å². The summed E-state index contributed by atoms with van der Waals surface area (Å²) < 4.78 is 33.4. The van der Waals surface area contributed by atoms with Crippen molar-refractivity contribution in [1.29, 1.82) is 0 Å². The van der Waals surface area contributed by atoms with Gasteiger partial charge in [-0.15, -0.1) is 0 Å². The van der Waals surface area contributed by atoms with E-state index in [0.717, 1.165) is 23.3 Å². The first-order chi connectivity index (χ1) is 15.2. The summed E-state index contributed by atoms with van der Waals surface area (Å²) >= 11 is 0. The number of carbonyl (C=O) groups is 1. The molecule has 0 aliphatic carbocycles. The van der Waals surface area contributed by atoms with Crippen LogP contribution in [0.15, 0.2) is 42.3 Å². The van der Waals surface area contributed by atoms with Crippen LogP contribution in [0.2, 0.25) is 0 Å². The molecule has 2 aliphatic heterocycles. The van der Waals surface area contributed by atoms with Gasteiger partial charge in [0.1, 0.15) is 17.2 Å². The summed E-state index contributed by atoms with van der Waals surface area (Å²) in [6.45, 7) is 3.84. The SMILES string of the molecule is CC1(C)O/C(=C2/C(=O)Nc3cc(F)c(F)cc32)C=C1c1ccc(NCCC(O)CO)nc1. The van der Waals surface area contributed by atoms with E-state index >= 15 is 0 Å². The summed E-state index contributed by atoms with van der Waals surface area (Å²) in [5.41, 5.74) is 1.36. The molecule has 7 nitrogen and oxygen atoms in total. The molecule has 0 spiro atoms. The van der Waals surface area contributed by atoms with Gasteiger partial charge in [0.25, 0.3) is 5.91 Å². The average Bonchev–Trinajstić information content (AvgIpc) is 3.23. The lowest BCUT2D eigenvalue weighted by molar-refractivity contribution is -0.111. The van der Waals surface area contributed by atoms with Gasteiger partial charge in [-0.1, -0.05) is 0 Å². The molecule has 0 saturated carbocycles. The molecule has 4 N–H and O–H groups in total. The van der Waals surface area contributed by atoms with Crippen LogP contribution in [0.3, 0.4) is 0 Å². The number of pyridine rings is 1. The van der Waals surface area contributed by atoms with E-state index < -0.39 is 29.2 Å². The maximum absolute atomic E-state index is 13.8. The van der Waals surface area contributed by atoms with E-state index in [1.54, 1.807) is 18.3 Å². The number of hydrogen-bond donors (Lipinski definition) is 4. The Labute approximate surface area is 183 Å². The lowest BCUT2D eigenvalue weighted by Gasteiger charge is -2.23. The maximum atomic E-state index is 13.8. The van der Waals surface area contributed by atoms with Gasteiger partial charge in [-0.3, -0.25) is 4.79 Å². The predicted molar refractivity (Wildman–Crippen MR) is 115 cm³/mol. The monoisotopic (exact) mass is 443 g/mol. The minimum atomic E-state index is -1.04. The van der Waals surface area contributed by atoms with E-state index in [1.165, 1.54) is 0 Å². The van der Waals surface area contributed by atoms with E-state index in [9.17, 15) is 18.7 Å². The molecule has 9 heteroatoms. The van der Waals surface area contributed by atoms with Crippen molar-refractivity contribution in [1.82, 2.24) is 4.98 Å². The number of aromatic nitrogens is 1. The van der Waals surface area contributed by atoms with Crippen LogP contribution in [0.25, 0.3) is 11.1 Å². The third-order valence-corrected chi connectivity index (χ3v) is 5.41. The average molecular weight is 443 g/mol. The van der Waals surface area contributed by atoms with Crippen LogP contribution in [0, 0.1) is 11.6 Å². The molecule has 1 unspecified atom stereocenters. The second-order valence-electron chi connectivity index (χ2n) is 8.16. The second kappa shape index (κ2) is 8.33. The Morgan fingerprint density at radius 1 is 1.25 bits per heavy atom. The number of hydrogen-bond acceptors (Lipinski definition) is 6. The van der Waals surface area contributed by atoms with Crippen molar-refractivity contribution < 1.29 is 28.5 Å². The van der Waals surface area contributed by atoms with Gasteiger partial charge in [0.2, 0.25) is 0 Å². The molecule has 0 radical (unpaired) electrons. The molecule has 168 valence electrons. The number of carbonyl (C=O) groups excluding carboxylic acids is 1. The van der Waals surface area contributed by atoms with E-state index in [0.29, 0.717) is 18.8 Å². The lowest BCUT2D eigenvalue weighted by atomic mass is 9.93. The number of aliphatic hydroxyl groups excluding tert-OH is 2. The normalized spacial score (nSPS) is 19.8. The first-order valence-electron chi connectivity index (χ1n) is 10.1. The molecule has 1 atom stereocenters. The van der Waals surface area contributed by atoms with E-state index in [1.807, 2.05) is 19.9 Å². The Hall–Kier alpha value is -3.30. The van der Waals surface area contributed by atoms with Gasteiger partial charge in [-0.2, -0.15) is 0 Å². The fourth-order valence-corrected chi connectivity index (χ4v) is 3.74. The maximum Gasteiger partial charge on any atom is 0.260 e. The molecule has 1 amide bonds. The van der Waals surface area contributed by atoms with Gasteiger partial charge < -0.3 is 25.6 Å². The van der Waals surface area contributed by atoms with Gasteiger partial charge in [0.05, 0.1) is 24.0 Å². The molecule has 0 fully saturated rings. The lowest BCUT2D eigenvalue weighted by Crippen LogP contribution is -2.21. The summed E-state index contributed by atoms with van der Waals surface area (Å²) in [7, 11) is 0. The minimum Gasteiger partial charge on any atom is -0.482 e. The van der Waals surface area contributed by atoms with Crippen LogP contribution < -0.4 is 10.6 Å². The van der Waals surface area contributed by atoms with Gasteiger partial charge >= 0.3 is 0 Å². The Morgan fingerprint density at radius 3 is 2.69 bits per heavy atom. The number of aliphatic hydroxyl groups is 2. The zero-order chi connectivity index (χ0) is 23.0. The molecule has 2 aliphatic rings. The molecule has 1 aromatic carbocycles. The van der Waals surface area contributed by atoms with Gasteiger partial charge in [0, 0.05) is 35.5 Å². The van der Waals surface area contributed by atoms with E-state index in [2.05, 4.69) is 15.6 Å². The third-order valence-electron chi connectivity index (χ3n) is 5.41.